The van der Waals surface area contributed by atoms with Crippen molar-refractivity contribution in [3.8, 4) is 0 Å². The lowest BCUT2D eigenvalue weighted by molar-refractivity contribution is -0.127. The molecule has 0 saturated heterocycles. The van der Waals surface area contributed by atoms with Gasteiger partial charge in [-0.25, -0.2) is 0 Å². The van der Waals surface area contributed by atoms with Crippen LogP contribution in [-0.2, 0) is 0 Å². The lowest BCUT2D eigenvalue weighted by atomic mass is 9.43. The van der Waals surface area contributed by atoms with Gasteiger partial charge in [0.15, 0.2) is 0 Å². The van der Waals surface area contributed by atoms with Gasteiger partial charge in [-0.15, -0.1) is 0 Å². The Labute approximate surface area is 108 Å². The Bertz CT molecular complexity index is 274. The molecule has 98 valence electrons. The van der Waals surface area contributed by atoms with Gasteiger partial charge in [0.05, 0.1) is 0 Å². The third-order valence-corrected chi connectivity index (χ3v) is 5.84. The van der Waals surface area contributed by atoms with E-state index in [1.165, 1.54) is 38.5 Å². The summed E-state index contributed by atoms with van der Waals surface area (Å²) in [6.45, 7) is 9.77. The highest BCUT2D eigenvalue weighted by atomic mass is 14.6. The summed E-state index contributed by atoms with van der Waals surface area (Å²) in [5.41, 5.74) is 0.655. The quantitative estimate of drug-likeness (QED) is 0.439. The first-order valence-electron chi connectivity index (χ1n) is 7.72. The van der Waals surface area contributed by atoms with E-state index >= 15 is 0 Å². The summed E-state index contributed by atoms with van der Waals surface area (Å²) in [4.78, 5) is 0. The molecule has 0 aliphatic heterocycles. The van der Waals surface area contributed by atoms with Crippen LogP contribution in [0.1, 0.15) is 66.2 Å². The van der Waals surface area contributed by atoms with Gasteiger partial charge in [0.1, 0.15) is 0 Å². The molecule has 3 fully saturated rings. The van der Waals surface area contributed by atoms with E-state index in [-0.39, 0.29) is 0 Å². The highest BCUT2D eigenvalue weighted by Gasteiger charge is 2.55. The summed E-state index contributed by atoms with van der Waals surface area (Å²) in [7, 11) is 0. The number of unbranched alkanes of at least 4 members (excludes halogenated alkanes) is 2. The van der Waals surface area contributed by atoms with Crippen LogP contribution in [0, 0.1) is 29.1 Å². The van der Waals surface area contributed by atoms with E-state index in [0.717, 1.165) is 23.7 Å². The Kier molecular flexibility index (Phi) is 4.00. The molecule has 3 aliphatic carbocycles. The van der Waals surface area contributed by atoms with Crippen molar-refractivity contribution in [2.75, 3.05) is 0 Å². The standard InChI is InChI=1S/C17H30/c1-5-6-7-8-9-10-14-11-15-12-16(13(14)2)17(15,3)4/h8-9,13-16H,5-7,10-12H2,1-4H3/b9-8-. The smallest absolute Gasteiger partial charge is 0.0295 e. The van der Waals surface area contributed by atoms with Gasteiger partial charge in [-0.1, -0.05) is 52.7 Å². The van der Waals surface area contributed by atoms with Crippen molar-refractivity contribution in [3.05, 3.63) is 12.2 Å². The summed E-state index contributed by atoms with van der Waals surface area (Å²) in [5, 5.41) is 0. The Balaban J connectivity index is 1.79. The lowest BCUT2D eigenvalue weighted by Gasteiger charge is -2.62. The molecular weight excluding hydrogens is 204 g/mol. The van der Waals surface area contributed by atoms with E-state index in [1.807, 2.05) is 0 Å². The Morgan fingerprint density at radius 2 is 1.94 bits per heavy atom. The largest absolute Gasteiger partial charge is 0.0885 e. The molecule has 0 heteroatoms. The molecule has 3 rings (SSSR count). The van der Waals surface area contributed by atoms with Crippen LogP contribution in [0.3, 0.4) is 0 Å². The van der Waals surface area contributed by atoms with Crippen molar-refractivity contribution < 1.29 is 0 Å². The summed E-state index contributed by atoms with van der Waals surface area (Å²) < 4.78 is 0. The zero-order valence-corrected chi connectivity index (χ0v) is 12.2. The van der Waals surface area contributed by atoms with Crippen molar-refractivity contribution in [2.45, 2.75) is 66.2 Å². The predicted molar refractivity (Wildman–Crippen MR) is 75.9 cm³/mol. The lowest BCUT2D eigenvalue weighted by Crippen LogP contribution is -2.54. The highest BCUT2D eigenvalue weighted by molar-refractivity contribution is 5.06. The van der Waals surface area contributed by atoms with Gasteiger partial charge in [-0.2, -0.15) is 0 Å². The summed E-state index contributed by atoms with van der Waals surface area (Å²) >= 11 is 0. The fourth-order valence-corrected chi connectivity index (χ4v) is 4.28. The van der Waals surface area contributed by atoms with E-state index in [9.17, 15) is 0 Å². The van der Waals surface area contributed by atoms with Crippen LogP contribution >= 0.6 is 0 Å². The van der Waals surface area contributed by atoms with Crippen molar-refractivity contribution in [3.63, 3.8) is 0 Å². The van der Waals surface area contributed by atoms with Gasteiger partial charge < -0.3 is 0 Å². The SMILES string of the molecule is CCCC/C=C\CC1CC2CC(C1C)C2(C)C. The Hall–Kier alpha value is -0.260. The van der Waals surface area contributed by atoms with E-state index in [4.69, 9.17) is 0 Å². The summed E-state index contributed by atoms with van der Waals surface area (Å²) in [6, 6.07) is 0. The predicted octanol–water partition coefficient (Wildman–Crippen LogP) is 5.44. The van der Waals surface area contributed by atoms with Crippen LogP contribution < -0.4 is 0 Å². The average Bonchev–Trinajstić information content (AvgIpc) is 2.30. The second-order valence-corrected chi connectivity index (χ2v) is 7.06. The van der Waals surface area contributed by atoms with Crippen molar-refractivity contribution in [1.82, 2.24) is 0 Å². The van der Waals surface area contributed by atoms with Gasteiger partial charge in [-0.3, -0.25) is 0 Å². The molecule has 0 N–H and O–H groups in total. The molecule has 17 heavy (non-hydrogen) atoms. The minimum absolute atomic E-state index is 0.655. The molecule has 4 atom stereocenters. The molecule has 0 amide bonds. The first kappa shape index (κ1) is 13.2. The third kappa shape index (κ3) is 2.46. The number of hydrogen-bond donors (Lipinski definition) is 0. The molecule has 0 radical (unpaired) electrons. The van der Waals surface area contributed by atoms with E-state index in [2.05, 4.69) is 39.8 Å². The molecule has 0 heterocycles. The minimum atomic E-state index is 0.655. The zero-order chi connectivity index (χ0) is 12.5. The van der Waals surface area contributed by atoms with Crippen molar-refractivity contribution >= 4 is 0 Å². The third-order valence-electron chi connectivity index (χ3n) is 5.84. The van der Waals surface area contributed by atoms with Crippen molar-refractivity contribution in [1.29, 1.82) is 0 Å². The first-order valence-corrected chi connectivity index (χ1v) is 7.72. The molecule has 4 unspecified atom stereocenters. The van der Waals surface area contributed by atoms with Gasteiger partial charge in [-0.05, 0) is 54.8 Å². The fraction of sp³-hybridized carbons (Fsp3) is 0.882. The molecule has 2 bridgehead atoms. The summed E-state index contributed by atoms with van der Waals surface area (Å²) in [6.07, 6.45) is 13.2. The molecule has 0 aromatic heterocycles. The van der Waals surface area contributed by atoms with Crippen LogP contribution in [-0.4, -0.2) is 0 Å². The maximum atomic E-state index is 2.51. The monoisotopic (exact) mass is 234 g/mol. The molecule has 0 spiro atoms. The Morgan fingerprint density at radius 3 is 2.53 bits per heavy atom. The van der Waals surface area contributed by atoms with Crippen LogP contribution in [0.2, 0.25) is 0 Å². The van der Waals surface area contributed by atoms with Gasteiger partial charge >= 0.3 is 0 Å². The van der Waals surface area contributed by atoms with Crippen LogP contribution in [0.15, 0.2) is 12.2 Å². The second-order valence-electron chi connectivity index (χ2n) is 7.06. The fourth-order valence-electron chi connectivity index (χ4n) is 4.28. The number of rotatable bonds is 5. The maximum Gasteiger partial charge on any atom is -0.0295 e. The normalized spacial score (nSPS) is 39.3. The maximum absolute atomic E-state index is 2.51. The molecular formula is C17H30. The molecule has 3 saturated carbocycles. The van der Waals surface area contributed by atoms with E-state index in [1.54, 1.807) is 0 Å². The van der Waals surface area contributed by atoms with E-state index < -0.39 is 0 Å². The average molecular weight is 234 g/mol. The molecule has 3 aliphatic rings. The first-order chi connectivity index (χ1) is 8.07. The van der Waals surface area contributed by atoms with Crippen LogP contribution in [0.25, 0.3) is 0 Å². The zero-order valence-electron chi connectivity index (χ0n) is 12.2. The minimum Gasteiger partial charge on any atom is -0.0885 e. The summed E-state index contributed by atoms with van der Waals surface area (Å²) in [5.74, 6) is 3.96. The number of fused-ring (bicyclic) bond motifs is 2. The number of allylic oxidation sites excluding steroid dienone is 2. The molecule has 0 nitrogen and oxygen atoms in total. The van der Waals surface area contributed by atoms with Gasteiger partial charge in [0, 0.05) is 0 Å². The Morgan fingerprint density at radius 1 is 1.18 bits per heavy atom. The molecule has 0 aromatic rings. The van der Waals surface area contributed by atoms with Gasteiger partial charge in [0.25, 0.3) is 0 Å². The van der Waals surface area contributed by atoms with Crippen LogP contribution in [0.5, 0.6) is 0 Å². The van der Waals surface area contributed by atoms with Gasteiger partial charge in [0.2, 0.25) is 0 Å². The van der Waals surface area contributed by atoms with E-state index in [0.29, 0.717) is 5.41 Å². The molecule has 0 aromatic carbocycles. The highest BCUT2D eigenvalue weighted by Crippen LogP contribution is 2.63. The number of hydrogen-bond acceptors (Lipinski definition) is 0. The van der Waals surface area contributed by atoms with Crippen molar-refractivity contribution in [2.24, 2.45) is 29.1 Å². The second kappa shape index (κ2) is 5.16. The van der Waals surface area contributed by atoms with Crippen LogP contribution in [0.4, 0.5) is 0 Å². The topological polar surface area (TPSA) is 0 Å².